The number of carbonyl (C=O) groups excluding carboxylic acids is 1. The van der Waals surface area contributed by atoms with Gasteiger partial charge in [0.1, 0.15) is 30.8 Å². The number of imidazole rings is 1. The predicted molar refractivity (Wildman–Crippen MR) is 164 cm³/mol. The molecule has 0 atom stereocenters. The van der Waals surface area contributed by atoms with Gasteiger partial charge in [0.05, 0.1) is 28.5 Å². The zero-order chi connectivity index (χ0) is 29.8. The predicted octanol–water partition coefficient (Wildman–Crippen LogP) is 5.00. The molecule has 2 N–H and O–H groups in total. The highest BCUT2D eigenvalue weighted by molar-refractivity contribution is 7.92. The van der Waals surface area contributed by atoms with E-state index in [-0.39, 0.29) is 11.3 Å². The number of rotatable bonds is 6. The number of hydrogen-bond acceptors (Lipinski definition) is 5. The molecule has 0 fully saturated rings. The summed E-state index contributed by atoms with van der Waals surface area (Å²) in [6, 6.07) is 21.8. The summed E-state index contributed by atoms with van der Waals surface area (Å²) in [6.45, 7) is 0. The second kappa shape index (κ2) is 10.2. The molecule has 1 amide bonds. The first-order valence-corrected chi connectivity index (χ1v) is 14.8. The zero-order valence-electron chi connectivity index (χ0n) is 22.9. The highest BCUT2D eigenvalue weighted by Crippen LogP contribution is 2.42. The van der Waals surface area contributed by atoms with Gasteiger partial charge in [-0.15, -0.1) is 0 Å². The Balaban J connectivity index is 1.60. The number of anilines is 1. The summed E-state index contributed by atoms with van der Waals surface area (Å²) in [5.74, 6) is 0.0244. The highest BCUT2D eigenvalue weighted by Gasteiger charge is 2.26. The average molecular weight is 578 g/mol. The van der Waals surface area contributed by atoms with Crippen molar-refractivity contribution in [2.75, 3.05) is 24.7 Å². The third-order valence-corrected chi connectivity index (χ3v) is 8.35. The van der Waals surface area contributed by atoms with Crippen LogP contribution in [0.4, 0.5) is 10.1 Å². The fraction of sp³-hybridized carbons (Fsp3) is 0.0968. The minimum atomic E-state index is -3.68. The fourth-order valence-electron chi connectivity index (χ4n) is 4.96. The molecule has 0 bridgehead atoms. The van der Waals surface area contributed by atoms with Crippen LogP contribution in [0.5, 0.6) is 0 Å². The van der Waals surface area contributed by atoms with Crippen molar-refractivity contribution in [2.24, 2.45) is 0 Å². The van der Waals surface area contributed by atoms with Crippen LogP contribution < -0.4 is 15.1 Å². The summed E-state index contributed by atoms with van der Waals surface area (Å²) in [4.78, 5) is 21.1. The summed E-state index contributed by atoms with van der Waals surface area (Å²) in [6.07, 6.45) is 1.11. The third-order valence-electron chi connectivity index (χ3n) is 7.16. The van der Waals surface area contributed by atoms with E-state index in [1.165, 1.54) is 38.4 Å². The van der Waals surface area contributed by atoms with Crippen molar-refractivity contribution in [2.45, 2.75) is 0 Å². The smallest absolute Gasteiger partial charge is 0.255 e. The Hall–Kier alpha value is -4.90. The van der Waals surface area contributed by atoms with Gasteiger partial charge in [-0.3, -0.25) is 9.10 Å². The summed E-state index contributed by atoms with van der Waals surface area (Å²) >= 11 is 0. The van der Waals surface area contributed by atoms with Crippen LogP contribution in [0.25, 0.3) is 55.8 Å². The van der Waals surface area contributed by atoms with Crippen LogP contribution in [-0.4, -0.2) is 52.5 Å². The summed E-state index contributed by atoms with van der Waals surface area (Å²) in [5.41, 5.74) is 5.55. The molecule has 42 heavy (non-hydrogen) atoms. The van der Waals surface area contributed by atoms with Crippen LogP contribution in [0.2, 0.25) is 0 Å². The van der Waals surface area contributed by atoms with Gasteiger partial charge in [-0.2, -0.15) is 0 Å². The third kappa shape index (κ3) is 4.81. The standard InChI is InChI=1S/C31H24BFN4O4S/c1-34-31(38)28-23-15-22(18-5-4-6-19(13-18)30-35-24-12-9-20(32)14-25(24)36-30)26(37(2)42(3,39)40)16-27(23)41-29(28)17-7-10-21(33)11-8-17/h4-16H,1-3H3,(H,34,38)(H,35,36). The Morgan fingerprint density at radius 2 is 1.74 bits per heavy atom. The largest absolute Gasteiger partial charge is 0.455 e. The lowest BCUT2D eigenvalue weighted by atomic mass is 9.96. The SMILES string of the molecule is [B]c1ccc2nc(-c3cccc(-c4cc5c(C(=O)NC)c(-c6ccc(F)cc6)oc5cc4N(C)S(C)(=O)=O)c3)[nH]c2c1. The molecule has 0 spiro atoms. The van der Waals surface area contributed by atoms with Gasteiger partial charge in [0.15, 0.2) is 0 Å². The van der Waals surface area contributed by atoms with Gasteiger partial charge in [-0.25, -0.2) is 17.8 Å². The first-order chi connectivity index (χ1) is 20.0. The quantitative estimate of drug-likeness (QED) is 0.271. The Morgan fingerprint density at radius 1 is 1.00 bits per heavy atom. The molecular weight excluding hydrogens is 554 g/mol. The van der Waals surface area contributed by atoms with Crippen molar-refractivity contribution in [3.05, 3.63) is 90.2 Å². The summed E-state index contributed by atoms with van der Waals surface area (Å²) in [7, 11) is 5.21. The molecule has 8 nitrogen and oxygen atoms in total. The molecule has 2 radical (unpaired) electrons. The average Bonchev–Trinajstić information content (AvgIpc) is 3.56. The van der Waals surface area contributed by atoms with Crippen molar-refractivity contribution in [3.63, 3.8) is 0 Å². The minimum Gasteiger partial charge on any atom is -0.455 e. The van der Waals surface area contributed by atoms with E-state index in [1.807, 2.05) is 30.3 Å². The van der Waals surface area contributed by atoms with Gasteiger partial charge in [-0.1, -0.05) is 29.7 Å². The zero-order valence-corrected chi connectivity index (χ0v) is 23.7. The van der Waals surface area contributed by atoms with Crippen LogP contribution in [0.3, 0.4) is 0 Å². The van der Waals surface area contributed by atoms with Crippen LogP contribution in [-0.2, 0) is 10.0 Å². The second-order valence-corrected chi connectivity index (χ2v) is 11.9. The monoisotopic (exact) mass is 578 g/mol. The lowest BCUT2D eigenvalue weighted by Gasteiger charge is -2.21. The molecule has 4 aromatic carbocycles. The molecule has 0 saturated heterocycles. The Bertz CT molecular complexity index is 2120. The van der Waals surface area contributed by atoms with Crippen molar-refractivity contribution >= 4 is 56.9 Å². The van der Waals surface area contributed by atoms with Crippen LogP contribution >= 0.6 is 0 Å². The van der Waals surface area contributed by atoms with E-state index >= 15 is 0 Å². The molecule has 0 aliphatic heterocycles. The molecule has 0 saturated carbocycles. The number of amides is 1. The number of H-pyrrole nitrogens is 1. The molecule has 0 aliphatic rings. The number of fused-ring (bicyclic) bond motifs is 2. The van der Waals surface area contributed by atoms with Crippen LogP contribution in [0, 0.1) is 5.82 Å². The fourth-order valence-corrected chi connectivity index (χ4v) is 5.46. The van der Waals surface area contributed by atoms with Crippen LogP contribution in [0.15, 0.2) is 83.3 Å². The van der Waals surface area contributed by atoms with Crippen molar-refractivity contribution < 1.29 is 22.0 Å². The molecule has 2 heterocycles. The minimum absolute atomic E-state index is 0.241. The van der Waals surface area contributed by atoms with Gasteiger partial charge >= 0.3 is 0 Å². The van der Waals surface area contributed by atoms with Gasteiger partial charge in [-0.05, 0) is 54.1 Å². The molecule has 6 rings (SSSR count). The number of aromatic amines is 1. The summed E-state index contributed by atoms with van der Waals surface area (Å²) < 4.78 is 46.4. The van der Waals surface area contributed by atoms with E-state index in [9.17, 15) is 17.6 Å². The molecular formula is C31H24BFN4O4S. The molecule has 11 heteroatoms. The Labute approximate surface area is 242 Å². The number of sulfonamides is 1. The van der Waals surface area contributed by atoms with E-state index in [1.54, 1.807) is 24.3 Å². The Kier molecular flexibility index (Phi) is 6.61. The number of furan rings is 1. The molecule has 2 aromatic heterocycles. The maximum Gasteiger partial charge on any atom is 0.255 e. The van der Waals surface area contributed by atoms with Crippen molar-refractivity contribution in [1.82, 2.24) is 15.3 Å². The first kappa shape index (κ1) is 27.3. The lowest BCUT2D eigenvalue weighted by molar-refractivity contribution is 0.0964. The van der Waals surface area contributed by atoms with Gasteiger partial charge in [0.2, 0.25) is 10.0 Å². The highest BCUT2D eigenvalue weighted by atomic mass is 32.2. The number of nitrogens with one attached hydrogen (secondary N) is 2. The molecule has 208 valence electrons. The molecule has 0 unspecified atom stereocenters. The maximum atomic E-state index is 13.7. The number of hydrogen-bond donors (Lipinski definition) is 2. The van der Waals surface area contributed by atoms with E-state index in [2.05, 4.69) is 15.3 Å². The Morgan fingerprint density at radius 3 is 2.45 bits per heavy atom. The number of aromatic nitrogens is 2. The maximum absolute atomic E-state index is 13.7. The van der Waals surface area contributed by atoms with E-state index in [0.29, 0.717) is 44.6 Å². The number of benzene rings is 4. The molecule has 0 aliphatic carbocycles. The first-order valence-electron chi connectivity index (χ1n) is 12.9. The second-order valence-electron chi connectivity index (χ2n) is 9.93. The number of carbonyl (C=O) groups is 1. The van der Waals surface area contributed by atoms with Gasteiger partial charge in [0, 0.05) is 42.2 Å². The van der Waals surface area contributed by atoms with Gasteiger partial charge < -0.3 is 14.7 Å². The van der Waals surface area contributed by atoms with Crippen LogP contribution in [0.1, 0.15) is 10.4 Å². The van der Waals surface area contributed by atoms with E-state index < -0.39 is 21.7 Å². The molecule has 6 aromatic rings. The summed E-state index contributed by atoms with van der Waals surface area (Å²) in [5, 5.41) is 3.12. The van der Waals surface area contributed by atoms with Gasteiger partial charge in [0.25, 0.3) is 5.91 Å². The normalized spacial score (nSPS) is 11.7. The van der Waals surface area contributed by atoms with E-state index in [0.717, 1.165) is 27.2 Å². The van der Waals surface area contributed by atoms with Crippen molar-refractivity contribution in [1.29, 1.82) is 0 Å². The lowest BCUT2D eigenvalue weighted by Crippen LogP contribution is -2.25. The van der Waals surface area contributed by atoms with Crippen molar-refractivity contribution in [3.8, 4) is 33.8 Å². The topological polar surface area (TPSA) is 108 Å². The number of halogens is 1. The van der Waals surface area contributed by atoms with E-state index in [4.69, 9.17) is 12.3 Å². The number of nitrogens with zero attached hydrogens (tertiary/aromatic N) is 2.